The highest BCUT2D eigenvalue weighted by Gasteiger charge is 2.19. The van der Waals surface area contributed by atoms with Gasteiger partial charge in [0.05, 0.1) is 11.9 Å². The molecule has 6 heteroatoms. The van der Waals surface area contributed by atoms with E-state index in [0.29, 0.717) is 12.1 Å². The summed E-state index contributed by atoms with van der Waals surface area (Å²) in [5.41, 5.74) is 6.28. The fourth-order valence-corrected chi connectivity index (χ4v) is 5.28. The van der Waals surface area contributed by atoms with Crippen LogP contribution in [0.15, 0.2) is 48.5 Å². The smallest absolute Gasteiger partial charge is 0.232 e. The zero-order chi connectivity index (χ0) is 22.2. The molecule has 0 saturated heterocycles. The van der Waals surface area contributed by atoms with Gasteiger partial charge in [-0.15, -0.1) is 0 Å². The number of hydrogen-bond acceptors (Lipinski definition) is 3. The number of benzene rings is 3. The molecule has 1 aliphatic rings. The van der Waals surface area contributed by atoms with Gasteiger partial charge < -0.3 is 5.32 Å². The lowest BCUT2D eigenvalue weighted by atomic mass is 10.0. The predicted octanol–water partition coefficient (Wildman–Crippen LogP) is 4.74. The van der Waals surface area contributed by atoms with Crippen molar-refractivity contribution in [2.24, 2.45) is 0 Å². The van der Waals surface area contributed by atoms with Gasteiger partial charge in [-0.3, -0.25) is 9.10 Å². The van der Waals surface area contributed by atoms with Crippen LogP contribution in [0.25, 0.3) is 10.8 Å². The number of carbonyl (C=O) groups is 1. The van der Waals surface area contributed by atoms with Crippen LogP contribution in [0.5, 0.6) is 0 Å². The van der Waals surface area contributed by atoms with Crippen LogP contribution in [0.3, 0.4) is 0 Å². The normalized spacial score (nSPS) is 12.9. The second kappa shape index (κ2) is 8.35. The van der Waals surface area contributed by atoms with Crippen LogP contribution in [-0.4, -0.2) is 27.1 Å². The highest BCUT2D eigenvalue weighted by atomic mass is 32.2. The van der Waals surface area contributed by atoms with E-state index in [1.54, 1.807) is 0 Å². The summed E-state index contributed by atoms with van der Waals surface area (Å²) in [7, 11) is -3.43. The molecule has 0 aromatic heterocycles. The molecule has 3 aromatic carbocycles. The van der Waals surface area contributed by atoms with Crippen molar-refractivity contribution >= 4 is 38.1 Å². The fraction of sp³-hybridized carbons (Fsp3) is 0.320. The number of anilines is 2. The molecule has 31 heavy (non-hydrogen) atoms. The van der Waals surface area contributed by atoms with Gasteiger partial charge in [0.15, 0.2) is 0 Å². The van der Waals surface area contributed by atoms with Crippen LogP contribution < -0.4 is 9.62 Å². The third-order valence-electron chi connectivity index (χ3n) is 6.09. The highest BCUT2D eigenvalue weighted by molar-refractivity contribution is 7.92. The highest BCUT2D eigenvalue weighted by Crippen LogP contribution is 2.35. The van der Waals surface area contributed by atoms with Gasteiger partial charge >= 0.3 is 0 Å². The van der Waals surface area contributed by atoms with E-state index in [2.05, 4.69) is 17.4 Å². The van der Waals surface area contributed by atoms with Crippen molar-refractivity contribution in [3.8, 4) is 0 Å². The van der Waals surface area contributed by atoms with Gasteiger partial charge in [-0.25, -0.2) is 8.42 Å². The quantitative estimate of drug-likeness (QED) is 0.582. The molecule has 0 bridgehead atoms. The monoisotopic (exact) mass is 436 g/mol. The first kappa shape index (κ1) is 21.4. The average Bonchev–Trinajstić information content (AvgIpc) is 3.13. The van der Waals surface area contributed by atoms with E-state index < -0.39 is 10.0 Å². The average molecular weight is 437 g/mol. The summed E-state index contributed by atoms with van der Waals surface area (Å²) in [4.78, 5) is 12.6. The summed E-state index contributed by atoms with van der Waals surface area (Å²) in [6.45, 7) is 4.22. The van der Waals surface area contributed by atoms with Crippen LogP contribution in [0.4, 0.5) is 11.4 Å². The maximum atomic E-state index is 12.6. The Labute approximate surface area is 184 Å². The molecule has 162 valence electrons. The Hall–Kier alpha value is -2.86. The summed E-state index contributed by atoms with van der Waals surface area (Å²) < 4.78 is 26.1. The standard InChI is InChI=1S/C25H28N2O3S/c1-17-9-13-21(16-18(17)2)27(31(3,29)30)15-5-8-24(28)26-23-14-12-20-11-10-19-6-4-7-22(23)25(19)20/h4,6-7,9,12-14,16H,5,8,10-11,15H2,1-3H3,(H,26,28). The van der Waals surface area contributed by atoms with E-state index in [4.69, 9.17) is 0 Å². The second-order valence-electron chi connectivity index (χ2n) is 8.37. The van der Waals surface area contributed by atoms with Crippen LogP contribution in [0.2, 0.25) is 0 Å². The Kier molecular flexibility index (Phi) is 5.75. The maximum absolute atomic E-state index is 12.6. The third-order valence-corrected chi connectivity index (χ3v) is 7.29. The number of rotatable bonds is 7. The number of hydrogen-bond donors (Lipinski definition) is 1. The molecule has 1 amide bonds. The van der Waals surface area contributed by atoms with Crippen molar-refractivity contribution in [2.45, 2.75) is 39.5 Å². The van der Waals surface area contributed by atoms with Gasteiger partial charge in [0.25, 0.3) is 0 Å². The van der Waals surface area contributed by atoms with Crippen molar-refractivity contribution in [3.05, 3.63) is 70.8 Å². The van der Waals surface area contributed by atoms with Gasteiger partial charge in [-0.2, -0.15) is 0 Å². The Morgan fingerprint density at radius 2 is 1.74 bits per heavy atom. The SMILES string of the molecule is Cc1ccc(N(CCCC(=O)Nc2ccc3c4c(cccc24)CC3)S(C)(=O)=O)cc1C. The second-order valence-corrected chi connectivity index (χ2v) is 10.3. The number of nitrogens with zero attached hydrogens (tertiary/aromatic N) is 1. The summed E-state index contributed by atoms with van der Waals surface area (Å²) >= 11 is 0. The van der Waals surface area contributed by atoms with Crippen LogP contribution in [0, 0.1) is 13.8 Å². The topological polar surface area (TPSA) is 66.5 Å². The number of aryl methyl sites for hydroxylation is 4. The lowest BCUT2D eigenvalue weighted by Crippen LogP contribution is -2.31. The Bertz CT molecular complexity index is 1250. The van der Waals surface area contributed by atoms with Crippen LogP contribution in [-0.2, 0) is 27.7 Å². The Morgan fingerprint density at radius 1 is 1.00 bits per heavy atom. The Morgan fingerprint density at radius 3 is 2.45 bits per heavy atom. The van der Waals surface area contributed by atoms with Gasteiger partial charge in [-0.05, 0) is 78.9 Å². The van der Waals surface area contributed by atoms with E-state index in [1.807, 2.05) is 50.2 Å². The van der Waals surface area contributed by atoms with Gasteiger partial charge in [0.2, 0.25) is 15.9 Å². The van der Waals surface area contributed by atoms with E-state index in [9.17, 15) is 13.2 Å². The minimum Gasteiger partial charge on any atom is -0.326 e. The van der Waals surface area contributed by atoms with Crippen LogP contribution >= 0.6 is 0 Å². The molecule has 0 spiro atoms. The predicted molar refractivity (Wildman–Crippen MR) is 127 cm³/mol. The van der Waals surface area contributed by atoms with Crippen molar-refractivity contribution in [2.75, 3.05) is 22.4 Å². The summed E-state index contributed by atoms with van der Waals surface area (Å²) in [6.07, 6.45) is 3.98. The molecular weight excluding hydrogens is 408 g/mol. The number of amides is 1. The zero-order valence-corrected chi connectivity index (χ0v) is 19.1. The van der Waals surface area contributed by atoms with E-state index in [1.165, 1.54) is 27.1 Å². The summed E-state index contributed by atoms with van der Waals surface area (Å²) in [6, 6.07) is 15.9. The van der Waals surface area contributed by atoms with E-state index in [-0.39, 0.29) is 18.9 Å². The van der Waals surface area contributed by atoms with Gasteiger partial charge in [-0.1, -0.05) is 30.3 Å². The zero-order valence-electron chi connectivity index (χ0n) is 18.2. The minimum atomic E-state index is -3.43. The van der Waals surface area contributed by atoms with Crippen molar-refractivity contribution < 1.29 is 13.2 Å². The lowest BCUT2D eigenvalue weighted by molar-refractivity contribution is -0.116. The molecule has 0 aliphatic heterocycles. The first-order valence-electron chi connectivity index (χ1n) is 10.6. The van der Waals surface area contributed by atoms with Crippen LogP contribution in [0.1, 0.15) is 35.1 Å². The molecule has 1 N–H and O–H groups in total. The number of nitrogens with one attached hydrogen (secondary N) is 1. The molecule has 3 aromatic rings. The fourth-order valence-electron chi connectivity index (χ4n) is 4.32. The molecule has 0 saturated carbocycles. The number of sulfonamides is 1. The first-order valence-corrected chi connectivity index (χ1v) is 12.5. The third kappa shape index (κ3) is 4.44. The largest absolute Gasteiger partial charge is 0.326 e. The minimum absolute atomic E-state index is 0.104. The summed E-state index contributed by atoms with van der Waals surface area (Å²) in [5.74, 6) is -0.104. The maximum Gasteiger partial charge on any atom is 0.232 e. The summed E-state index contributed by atoms with van der Waals surface area (Å²) in [5, 5.41) is 5.37. The van der Waals surface area contributed by atoms with Crippen molar-refractivity contribution in [1.82, 2.24) is 0 Å². The lowest BCUT2D eigenvalue weighted by Gasteiger charge is -2.23. The molecular formula is C25H28N2O3S. The van der Waals surface area contributed by atoms with Gasteiger partial charge in [0, 0.05) is 24.0 Å². The van der Waals surface area contributed by atoms with Crippen molar-refractivity contribution in [3.63, 3.8) is 0 Å². The Balaban J connectivity index is 1.44. The molecule has 5 nitrogen and oxygen atoms in total. The van der Waals surface area contributed by atoms with E-state index in [0.717, 1.165) is 35.0 Å². The van der Waals surface area contributed by atoms with Crippen molar-refractivity contribution in [1.29, 1.82) is 0 Å². The molecule has 1 aliphatic carbocycles. The molecule has 0 atom stereocenters. The van der Waals surface area contributed by atoms with E-state index >= 15 is 0 Å². The molecule has 0 fully saturated rings. The number of carbonyl (C=O) groups excluding carboxylic acids is 1. The molecule has 0 unspecified atom stereocenters. The molecule has 0 heterocycles. The molecule has 4 rings (SSSR count). The molecule has 0 radical (unpaired) electrons. The van der Waals surface area contributed by atoms with Gasteiger partial charge in [0.1, 0.15) is 0 Å². The first-order chi connectivity index (χ1) is 14.7.